The zero-order valence-electron chi connectivity index (χ0n) is 14.3. The minimum absolute atomic E-state index is 0.114. The van der Waals surface area contributed by atoms with Crippen molar-refractivity contribution in [3.8, 4) is 11.5 Å². The second-order valence-corrected chi connectivity index (χ2v) is 8.10. The van der Waals surface area contributed by atoms with E-state index in [2.05, 4.69) is 13.8 Å². The lowest BCUT2D eigenvalue weighted by molar-refractivity contribution is -0.117. The Bertz CT molecular complexity index is 975. The summed E-state index contributed by atoms with van der Waals surface area (Å²) in [7, 11) is -4.22. The standard InChI is InChI=1S/C17H19FN2O5S/c1-10(2)5-6-25-12-3-4-13-11(7-12)8-14(21)17(16(13)18)20-9-15(22)19-26(20,23)24/h3-4,7-8,10,21H,5-6,9H2,1-2H3,(H,19,22). The molecule has 0 atom stereocenters. The maximum atomic E-state index is 14.9. The molecule has 1 saturated heterocycles. The van der Waals surface area contributed by atoms with Crippen LogP contribution in [-0.2, 0) is 15.0 Å². The van der Waals surface area contributed by atoms with Gasteiger partial charge in [-0.05, 0) is 42.0 Å². The monoisotopic (exact) mass is 382 g/mol. The molecule has 1 aliphatic rings. The zero-order valence-corrected chi connectivity index (χ0v) is 15.1. The van der Waals surface area contributed by atoms with Gasteiger partial charge in [0.25, 0.3) is 5.91 Å². The van der Waals surface area contributed by atoms with Crippen LogP contribution in [0.4, 0.5) is 10.1 Å². The highest BCUT2D eigenvalue weighted by Gasteiger charge is 2.37. The van der Waals surface area contributed by atoms with Crippen LogP contribution < -0.4 is 13.8 Å². The highest BCUT2D eigenvalue weighted by molar-refractivity contribution is 7.92. The minimum atomic E-state index is -4.22. The van der Waals surface area contributed by atoms with Gasteiger partial charge in [0, 0.05) is 5.39 Å². The number of carbonyl (C=O) groups is 1. The number of hydrogen-bond acceptors (Lipinski definition) is 5. The molecule has 0 saturated carbocycles. The van der Waals surface area contributed by atoms with E-state index in [1.807, 2.05) is 0 Å². The first-order valence-electron chi connectivity index (χ1n) is 8.10. The number of ether oxygens (including phenoxy) is 1. The summed E-state index contributed by atoms with van der Waals surface area (Å²) >= 11 is 0. The van der Waals surface area contributed by atoms with Crippen LogP contribution in [0.25, 0.3) is 10.8 Å². The molecule has 1 aliphatic heterocycles. The molecule has 0 unspecified atom stereocenters. The predicted molar refractivity (Wildman–Crippen MR) is 94.9 cm³/mol. The Labute approximate surface area is 150 Å². The summed E-state index contributed by atoms with van der Waals surface area (Å²) < 4.78 is 46.7. The molecule has 0 bridgehead atoms. The van der Waals surface area contributed by atoms with E-state index in [4.69, 9.17) is 4.74 Å². The van der Waals surface area contributed by atoms with Crippen LogP contribution in [0, 0.1) is 11.7 Å². The number of fused-ring (bicyclic) bond motifs is 1. The number of carbonyl (C=O) groups excluding carboxylic acids is 1. The lowest BCUT2D eigenvalue weighted by Crippen LogP contribution is -2.30. The molecular formula is C17H19FN2O5S. The molecule has 0 spiro atoms. The summed E-state index contributed by atoms with van der Waals surface area (Å²) in [6.07, 6.45) is 0.866. The normalized spacial score (nSPS) is 16.3. The molecule has 7 nitrogen and oxygen atoms in total. The number of rotatable bonds is 5. The fourth-order valence-electron chi connectivity index (χ4n) is 2.70. The van der Waals surface area contributed by atoms with Crippen molar-refractivity contribution in [1.29, 1.82) is 0 Å². The van der Waals surface area contributed by atoms with Gasteiger partial charge < -0.3 is 9.84 Å². The van der Waals surface area contributed by atoms with Crippen molar-refractivity contribution in [3.05, 3.63) is 30.1 Å². The number of hydrogen-bond donors (Lipinski definition) is 2. The first-order valence-corrected chi connectivity index (χ1v) is 9.54. The number of benzene rings is 2. The van der Waals surface area contributed by atoms with Crippen LogP contribution >= 0.6 is 0 Å². The van der Waals surface area contributed by atoms with E-state index in [0.29, 0.717) is 28.0 Å². The third kappa shape index (κ3) is 3.39. The number of nitrogens with zero attached hydrogens (tertiary/aromatic N) is 1. The van der Waals surface area contributed by atoms with E-state index in [1.165, 1.54) is 12.1 Å². The summed E-state index contributed by atoms with van der Waals surface area (Å²) in [4.78, 5) is 11.4. The van der Waals surface area contributed by atoms with E-state index >= 15 is 0 Å². The Balaban J connectivity index is 2.00. The van der Waals surface area contributed by atoms with Crippen molar-refractivity contribution < 1.29 is 27.4 Å². The third-order valence-corrected chi connectivity index (χ3v) is 5.41. The maximum Gasteiger partial charge on any atom is 0.326 e. The lowest BCUT2D eigenvalue weighted by Gasteiger charge is -2.18. The van der Waals surface area contributed by atoms with Gasteiger partial charge >= 0.3 is 10.2 Å². The maximum absolute atomic E-state index is 14.9. The first kappa shape index (κ1) is 18.2. The topological polar surface area (TPSA) is 95.9 Å². The van der Waals surface area contributed by atoms with Crippen LogP contribution in [0.3, 0.4) is 0 Å². The largest absolute Gasteiger partial charge is 0.506 e. The molecule has 1 heterocycles. The van der Waals surface area contributed by atoms with Crippen LogP contribution in [0.1, 0.15) is 20.3 Å². The summed E-state index contributed by atoms with van der Waals surface area (Å²) in [6, 6.07) is 5.86. The predicted octanol–water partition coefficient (Wildman–Crippen LogP) is 2.29. The lowest BCUT2D eigenvalue weighted by atomic mass is 10.1. The second-order valence-electron chi connectivity index (χ2n) is 6.51. The molecule has 2 N–H and O–H groups in total. The van der Waals surface area contributed by atoms with Gasteiger partial charge in [-0.3, -0.25) is 4.79 Å². The molecule has 9 heteroatoms. The number of amides is 1. The Morgan fingerprint density at radius 3 is 2.69 bits per heavy atom. The fraction of sp³-hybridized carbons (Fsp3) is 0.353. The van der Waals surface area contributed by atoms with Crippen molar-refractivity contribution >= 4 is 32.6 Å². The quantitative estimate of drug-likeness (QED) is 0.827. The van der Waals surface area contributed by atoms with Gasteiger partial charge in [0.2, 0.25) is 0 Å². The molecule has 2 aromatic rings. The smallest absolute Gasteiger partial charge is 0.326 e. The molecule has 3 rings (SSSR count). The van der Waals surface area contributed by atoms with E-state index in [1.54, 1.807) is 16.9 Å². The Morgan fingerprint density at radius 1 is 1.35 bits per heavy atom. The zero-order chi connectivity index (χ0) is 19.1. The molecule has 2 aromatic carbocycles. The van der Waals surface area contributed by atoms with Gasteiger partial charge in [0.15, 0.2) is 5.82 Å². The molecular weight excluding hydrogens is 363 g/mol. The number of halogens is 1. The van der Waals surface area contributed by atoms with Gasteiger partial charge in [-0.1, -0.05) is 13.8 Å². The number of phenolic OH excluding ortho intramolecular Hbond substituents is 1. The summed E-state index contributed by atoms with van der Waals surface area (Å²) in [5.41, 5.74) is -0.552. The van der Waals surface area contributed by atoms with Crippen molar-refractivity contribution in [2.75, 3.05) is 17.5 Å². The van der Waals surface area contributed by atoms with Crippen molar-refractivity contribution in [2.45, 2.75) is 20.3 Å². The van der Waals surface area contributed by atoms with E-state index in [9.17, 15) is 22.7 Å². The van der Waals surface area contributed by atoms with E-state index in [0.717, 1.165) is 6.42 Å². The minimum Gasteiger partial charge on any atom is -0.506 e. The number of anilines is 1. The van der Waals surface area contributed by atoms with Gasteiger partial charge in [0.05, 0.1) is 6.61 Å². The van der Waals surface area contributed by atoms with Gasteiger partial charge in [-0.15, -0.1) is 0 Å². The van der Waals surface area contributed by atoms with E-state index in [-0.39, 0.29) is 5.39 Å². The molecule has 1 fully saturated rings. The summed E-state index contributed by atoms with van der Waals surface area (Å²) in [5, 5.41) is 10.7. The highest BCUT2D eigenvalue weighted by atomic mass is 32.2. The summed E-state index contributed by atoms with van der Waals surface area (Å²) in [6.45, 7) is 4.07. The Kier molecular flexibility index (Phi) is 4.66. The Morgan fingerprint density at radius 2 is 2.08 bits per heavy atom. The molecule has 140 valence electrons. The van der Waals surface area contributed by atoms with Crippen LogP contribution in [0.5, 0.6) is 11.5 Å². The first-order chi connectivity index (χ1) is 12.2. The average Bonchev–Trinajstić information content (AvgIpc) is 2.79. The molecule has 0 aromatic heterocycles. The van der Waals surface area contributed by atoms with Gasteiger partial charge in [0.1, 0.15) is 23.7 Å². The van der Waals surface area contributed by atoms with Crippen molar-refractivity contribution in [3.63, 3.8) is 0 Å². The van der Waals surface area contributed by atoms with Crippen LogP contribution in [-0.4, -0.2) is 32.6 Å². The van der Waals surface area contributed by atoms with Gasteiger partial charge in [-0.25, -0.2) is 13.4 Å². The van der Waals surface area contributed by atoms with E-state index < -0.39 is 39.9 Å². The average molecular weight is 382 g/mol. The highest BCUT2D eigenvalue weighted by Crippen LogP contribution is 2.39. The molecule has 1 amide bonds. The Hall–Kier alpha value is -2.55. The van der Waals surface area contributed by atoms with Crippen LogP contribution in [0.2, 0.25) is 0 Å². The number of phenols is 1. The second kappa shape index (κ2) is 6.64. The molecule has 0 aliphatic carbocycles. The molecule has 26 heavy (non-hydrogen) atoms. The third-order valence-electron chi connectivity index (χ3n) is 4.04. The number of nitrogens with one attached hydrogen (secondary N) is 1. The number of aromatic hydroxyl groups is 1. The van der Waals surface area contributed by atoms with Crippen LogP contribution in [0.15, 0.2) is 24.3 Å². The molecule has 0 radical (unpaired) electrons. The SMILES string of the molecule is CC(C)CCOc1ccc2c(F)c(N3CC(=O)NS3(=O)=O)c(O)cc2c1. The summed E-state index contributed by atoms with van der Waals surface area (Å²) in [5.74, 6) is -1.28. The van der Waals surface area contributed by atoms with Gasteiger partial charge in [-0.2, -0.15) is 8.42 Å². The fourth-order valence-corrected chi connectivity index (χ4v) is 3.86. The van der Waals surface area contributed by atoms with Crippen molar-refractivity contribution in [1.82, 2.24) is 4.72 Å². The van der Waals surface area contributed by atoms with Crippen molar-refractivity contribution in [2.24, 2.45) is 5.92 Å².